The molecule has 0 N–H and O–H groups in total. The molecule has 2 heterocycles. The molecule has 0 aliphatic carbocycles. The highest BCUT2D eigenvalue weighted by Crippen LogP contribution is 2.51. The molecule has 0 spiro atoms. The van der Waals surface area contributed by atoms with Crippen LogP contribution in [0.15, 0.2) is 0 Å². The van der Waals surface area contributed by atoms with Crippen LogP contribution in [0.5, 0.6) is 0 Å². The maximum Gasteiger partial charge on any atom is 0.330 e. The van der Waals surface area contributed by atoms with Crippen LogP contribution >= 0.6 is 46.6 Å². The molecular weight excluding hydrogens is 361 g/mol. The largest absolute Gasteiger partial charge is 0.460 e. The maximum atomic E-state index is 12.3. The van der Waals surface area contributed by atoms with Crippen LogP contribution in [0.3, 0.4) is 0 Å². The Morgan fingerprint density at radius 1 is 1.43 bits per heavy atom. The number of esters is 1. The molecule has 2 rings (SSSR count). The highest BCUT2D eigenvalue weighted by Gasteiger charge is 2.64. The van der Waals surface area contributed by atoms with Gasteiger partial charge >= 0.3 is 5.97 Å². The summed E-state index contributed by atoms with van der Waals surface area (Å²) in [6.45, 7) is 5.69. The molecule has 0 aromatic heterocycles. The average molecular weight is 377 g/mol. The van der Waals surface area contributed by atoms with E-state index in [9.17, 15) is 9.59 Å². The first-order chi connectivity index (χ1) is 9.58. The molecule has 2 saturated heterocycles. The predicted octanol–water partition coefficient (Wildman–Crippen LogP) is 2.37. The van der Waals surface area contributed by atoms with E-state index >= 15 is 0 Å². The Morgan fingerprint density at radius 2 is 2.05 bits per heavy atom. The van der Waals surface area contributed by atoms with Gasteiger partial charge in [-0.2, -0.15) is 0 Å². The molecule has 2 fully saturated rings. The number of hydrogen-bond donors (Lipinski definition) is 0. The van der Waals surface area contributed by atoms with Crippen LogP contribution in [-0.4, -0.2) is 56.0 Å². The number of amides is 1. The van der Waals surface area contributed by atoms with Crippen molar-refractivity contribution in [3.63, 3.8) is 0 Å². The first kappa shape index (κ1) is 17.5. The Balaban J connectivity index is 2.09. The van der Waals surface area contributed by atoms with Crippen LogP contribution in [0.1, 0.15) is 20.8 Å². The molecule has 21 heavy (non-hydrogen) atoms. The van der Waals surface area contributed by atoms with Gasteiger partial charge in [-0.3, -0.25) is 4.79 Å². The maximum absolute atomic E-state index is 12.3. The van der Waals surface area contributed by atoms with Crippen molar-refractivity contribution in [2.24, 2.45) is 0 Å². The van der Waals surface area contributed by atoms with Crippen LogP contribution in [0.25, 0.3) is 0 Å². The number of ether oxygens (including phenoxy) is 2. The van der Waals surface area contributed by atoms with Gasteiger partial charge in [-0.1, -0.05) is 34.8 Å². The van der Waals surface area contributed by atoms with Gasteiger partial charge in [-0.15, -0.1) is 11.8 Å². The van der Waals surface area contributed by atoms with Crippen LogP contribution in [0, 0.1) is 0 Å². The van der Waals surface area contributed by atoms with Crippen molar-refractivity contribution >= 4 is 58.4 Å². The number of rotatable bonds is 4. The fraction of sp³-hybridized carbons (Fsp3) is 0.833. The van der Waals surface area contributed by atoms with Crippen LogP contribution in [-0.2, 0) is 19.1 Å². The van der Waals surface area contributed by atoms with Gasteiger partial charge in [0.05, 0.1) is 0 Å². The number of nitrogens with zero attached hydrogens (tertiary/aromatic N) is 1. The standard InChI is InChI=1S/C12H16Cl3NO4S/c1-4-19-6-8(17)16-7(11(2,3)21-9(6)16)10(18)20-5-12(13,14)15/h6-7,9H,4-5H2,1-3H3/t6-,7-,9+/m0/s1. The number of halogens is 3. The second kappa shape index (κ2) is 5.96. The third-order valence-corrected chi connectivity index (χ3v) is 5.21. The number of β-lactam (4-membered cyclic amide) rings is 1. The third-order valence-electron chi connectivity index (χ3n) is 3.34. The van der Waals surface area contributed by atoms with E-state index in [1.165, 1.54) is 16.7 Å². The number of hydrogen-bond acceptors (Lipinski definition) is 5. The molecule has 0 bridgehead atoms. The van der Waals surface area contributed by atoms with Gasteiger partial charge < -0.3 is 14.4 Å². The Hall–Kier alpha value is 0.120. The van der Waals surface area contributed by atoms with Crippen LogP contribution < -0.4 is 0 Å². The monoisotopic (exact) mass is 375 g/mol. The normalized spacial score (nSPS) is 30.9. The summed E-state index contributed by atoms with van der Waals surface area (Å²) in [6.07, 6.45) is -0.495. The Labute approximate surface area is 142 Å². The SMILES string of the molecule is CCO[C@H]1C(=O)N2[C@@H]1SC(C)(C)[C@@H]2C(=O)OCC(Cl)(Cl)Cl. The quantitative estimate of drug-likeness (QED) is 0.428. The molecule has 5 nitrogen and oxygen atoms in total. The molecule has 2 aliphatic heterocycles. The number of alkyl halides is 3. The van der Waals surface area contributed by atoms with Gasteiger partial charge in [-0.05, 0) is 20.8 Å². The van der Waals surface area contributed by atoms with Crippen molar-refractivity contribution in [3.8, 4) is 0 Å². The second-order valence-electron chi connectivity index (χ2n) is 5.36. The Kier molecular flexibility index (Phi) is 4.96. The summed E-state index contributed by atoms with van der Waals surface area (Å²) in [5.41, 5.74) is 0. The fourth-order valence-corrected chi connectivity index (χ4v) is 4.31. The zero-order valence-corrected chi connectivity index (χ0v) is 14.9. The lowest BCUT2D eigenvalue weighted by Gasteiger charge is -2.43. The third kappa shape index (κ3) is 3.39. The van der Waals surface area contributed by atoms with E-state index in [1.54, 1.807) is 0 Å². The molecule has 2 aliphatic rings. The summed E-state index contributed by atoms with van der Waals surface area (Å²) in [5.74, 6) is -0.764. The summed E-state index contributed by atoms with van der Waals surface area (Å²) < 4.78 is 8.29. The van der Waals surface area contributed by atoms with Gasteiger partial charge in [0.1, 0.15) is 18.0 Å². The number of thioether (sulfide) groups is 1. The van der Waals surface area contributed by atoms with E-state index < -0.39 is 26.7 Å². The predicted molar refractivity (Wildman–Crippen MR) is 82.8 cm³/mol. The highest BCUT2D eigenvalue weighted by molar-refractivity contribution is 8.01. The van der Waals surface area contributed by atoms with Crippen LogP contribution in [0.2, 0.25) is 0 Å². The Bertz CT molecular complexity index is 454. The second-order valence-corrected chi connectivity index (χ2v) is 9.65. The minimum Gasteiger partial charge on any atom is -0.460 e. The van der Waals surface area contributed by atoms with Crippen molar-refractivity contribution < 1.29 is 19.1 Å². The first-order valence-electron chi connectivity index (χ1n) is 6.43. The van der Waals surface area contributed by atoms with Gasteiger partial charge in [-0.25, -0.2) is 4.79 Å². The first-order valence-corrected chi connectivity index (χ1v) is 8.45. The van der Waals surface area contributed by atoms with E-state index in [0.29, 0.717) is 6.61 Å². The van der Waals surface area contributed by atoms with Crippen molar-refractivity contribution in [2.75, 3.05) is 13.2 Å². The van der Waals surface area contributed by atoms with Crippen LogP contribution in [0.4, 0.5) is 0 Å². The van der Waals surface area contributed by atoms with Gasteiger partial charge in [0.2, 0.25) is 3.79 Å². The summed E-state index contributed by atoms with van der Waals surface area (Å²) >= 11 is 18.2. The number of carbonyl (C=O) groups excluding carboxylic acids is 2. The van der Waals surface area contributed by atoms with E-state index in [1.807, 2.05) is 20.8 Å². The summed E-state index contributed by atoms with van der Waals surface area (Å²) in [4.78, 5) is 25.9. The molecule has 0 unspecified atom stereocenters. The molecule has 9 heteroatoms. The smallest absolute Gasteiger partial charge is 0.330 e. The molecule has 0 saturated carbocycles. The minimum atomic E-state index is -1.67. The van der Waals surface area contributed by atoms with E-state index in [0.717, 1.165) is 0 Å². The fourth-order valence-electron chi connectivity index (χ4n) is 2.52. The van der Waals surface area contributed by atoms with E-state index in [2.05, 4.69) is 0 Å². The van der Waals surface area contributed by atoms with Gasteiger partial charge in [0.25, 0.3) is 5.91 Å². The lowest BCUT2D eigenvalue weighted by molar-refractivity contribution is -0.176. The number of fused-ring (bicyclic) bond motifs is 1. The molecule has 0 radical (unpaired) electrons. The average Bonchev–Trinajstić information content (AvgIpc) is 2.61. The highest BCUT2D eigenvalue weighted by atomic mass is 35.6. The Morgan fingerprint density at radius 3 is 2.57 bits per heavy atom. The zero-order chi connectivity index (χ0) is 16.0. The van der Waals surface area contributed by atoms with E-state index in [4.69, 9.17) is 44.3 Å². The topological polar surface area (TPSA) is 55.8 Å². The molecule has 0 aromatic carbocycles. The molecule has 120 valence electrons. The molecule has 3 atom stereocenters. The lowest BCUT2D eigenvalue weighted by Crippen LogP contribution is -2.66. The van der Waals surface area contributed by atoms with Crippen molar-refractivity contribution in [3.05, 3.63) is 0 Å². The van der Waals surface area contributed by atoms with Crippen molar-refractivity contribution in [2.45, 2.75) is 46.8 Å². The lowest BCUT2D eigenvalue weighted by atomic mass is 9.97. The zero-order valence-electron chi connectivity index (χ0n) is 11.8. The summed E-state index contributed by atoms with van der Waals surface area (Å²) in [7, 11) is 0. The molecular formula is C12H16Cl3NO4S. The molecule has 0 aromatic rings. The number of carbonyl (C=O) groups is 2. The summed E-state index contributed by atoms with van der Waals surface area (Å²) in [6, 6.07) is -0.705. The van der Waals surface area contributed by atoms with Gasteiger partial charge in [0, 0.05) is 11.4 Å². The van der Waals surface area contributed by atoms with Crippen molar-refractivity contribution in [1.82, 2.24) is 4.90 Å². The van der Waals surface area contributed by atoms with Gasteiger partial charge in [0.15, 0.2) is 6.10 Å². The minimum absolute atomic E-state index is 0.169. The summed E-state index contributed by atoms with van der Waals surface area (Å²) in [5, 5.41) is -0.169. The molecule has 1 amide bonds. The van der Waals surface area contributed by atoms with E-state index in [-0.39, 0.29) is 17.9 Å². The van der Waals surface area contributed by atoms with Crippen molar-refractivity contribution in [1.29, 1.82) is 0 Å².